The second-order valence-corrected chi connectivity index (χ2v) is 5.47. The molecule has 1 aromatic rings. The number of carbonyl (C=O) groups excluding carboxylic acids is 1. The van der Waals surface area contributed by atoms with Gasteiger partial charge < -0.3 is 15.4 Å². The van der Waals surface area contributed by atoms with Crippen molar-refractivity contribution in [3.63, 3.8) is 0 Å². The van der Waals surface area contributed by atoms with Crippen LogP contribution in [0, 0.1) is 0 Å². The maximum absolute atomic E-state index is 11.7. The molecule has 0 unspecified atom stereocenters. The van der Waals surface area contributed by atoms with Crippen LogP contribution in [-0.2, 0) is 11.3 Å². The predicted molar refractivity (Wildman–Crippen MR) is 84.5 cm³/mol. The summed E-state index contributed by atoms with van der Waals surface area (Å²) in [4.78, 5) is 11.7. The molecule has 0 aliphatic carbocycles. The molecule has 0 atom stereocenters. The minimum Gasteiger partial charge on any atom is -0.483 e. The van der Waals surface area contributed by atoms with Crippen LogP contribution in [-0.4, -0.2) is 24.6 Å². The molecule has 20 heavy (non-hydrogen) atoms. The second-order valence-electron chi connectivity index (χ2n) is 5.47. The Morgan fingerprint density at radius 3 is 2.50 bits per heavy atom. The molecule has 4 nitrogen and oxygen atoms in total. The highest BCUT2D eigenvalue weighted by Crippen LogP contribution is 2.17. The van der Waals surface area contributed by atoms with Crippen LogP contribution in [0.3, 0.4) is 0 Å². The molecule has 5 heteroatoms. The Bertz CT molecular complexity index is 417. The van der Waals surface area contributed by atoms with E-state index in [1.165, 1.54) is 0 Å². The van der Waals surface area contributed by atoms with Crippen molar-refractivity contribution >= 4 is 18.3 Å². The molecule has 0 aliphatic heterocycles. The first-order valence-electron chi connectivity index (χ1n) is 6.65. The summed E-state index contributed by atoms with van der Waals surface area (Å²) in [6, 6.07) is 7.76. The molecule has 0 radical (unpaired) electrons. The van der Waals surface area contributed by atoms with Crippen molar-refractivity contribution < 1.29 is 9.53 Å². The van der Waals surface area contributed by atoms with Crippen LogP contribution in [0.1, 0.15) is 33.3 Å². The van der Waals surface area contributed by atoms with Gasteiger partial charge >= 0.3 is 0 Å². The van der Waals surface area contributed by atoms with E-state index < -0.39 is 0 Å². The van der Waals surface area contributed by atoms with E-state index in [2.05, 4.69) is 17.6 Å². The zero-order valence-corrected chi connectivity index (χ0v) is 13.5. The molecule has 0 heterocycles. The Labute approximate surface area is 127 Å². The first-order chi connectivity index (χ1) is 8.92. The summed E-state index contributed by atoms with van der Waals surface area (Å²) in [6.45, 7) is 9.59. The van der Waals surface area contributed by atoms with E-state index in [0.29, 0.717) is 0 Å². The molecule has 1 amide bonds. The maximum Gasteiger partial charge on any atom is 0.258 e. The summed E-state index contributed by atoms with van der Waals surface area (Å²) in [5.74, 6) is 0.651. The summed E-state index contributed by atoms with van der Waals surface area (Å²) in [5.41, 5.74) is 0.830. The molecular formula is C15H25ClN2O2. The average molecular weight is 301 g/mol. The molecular weight excluding hydrogens is 276 g/mol. The van der Waals surface area contributed by atoms with Crippen LogP contribution in [0.5, 0.6) is 5.75 Å². The first-order valence-corrected chi connectivity index (χ1v) is 6.65. The van der Waals surface area contributed by atoms with E-state index in [1.54, 1.807) is 0 Å². The highest BCUT2D eigenvalue weighted by Gasteiger charge is 2.14. The summed E-state index contributed by atoms with van der Waals surface area (Å²) in [6.07, 6.45) is 0. The van der Waals surface area contributed by atoms with E-state index >= 15 is 0 Å². The molecule has 114 valence electrons. The van der Waals surface area contributed by atoms with Gasteiger partial charge in [0.1, 0.15) is 5.75 Å². The SMILES string of the molecule is CCNCc1ccccc1OCC(=O)NC(C)(C)C.Cl. The van der Waals surface area contributed by atoms with E-state index in [-0.39, 0.29) is 30.5 Å². The van der Waals surface area contributed by atoms with E-state index in [9.17, 15) is 4.79 Å². The zero-order valence-electron chi connectivity index (χ0n) is 12.7. The third-order valence-corrected chi connectivity index (χ3v) is 2.41. The van der Waals surface area contributed by atoms with Crippen molar-refractivity contribution in [1.29, 1.82) is 0 Å². The van der Waals surface area contributed by atoms with Crippen molar-refractivity contribution in [1.82, 2.24) is 10.6 Å². The van der Waals surface area contributed by atoms with Gasteiger partial charge in [0, 0.05) is 17.6 Å². The van der Waals surface area contributed by atoms with Crippen LogP contribution >= 0.6 is 12.4 Å². The molecule has 0 aliphatic rings. The van der Waals surface area contributed by atoms with Crippen LogP contribution < -0.4 is 15.4 Å². The summed E-state index contributed by atoms with van der Waals surface area (Å²) >= 11 is 0. The number of nitrogens with one attached hydrogen (secondary N) is 2. The maximum atomic E-state index is 11.7. The number of ether oxygens (including phenoxy) is 1. The largest absolute Gasteiger partial charge is 0.483 e. The molecule has 0 saturated heterocycles. The zero-order chi connectivity index (χ0) is 14.3. The Kier molecular flexibility index (Phi) is 8.26. The van der Waals surface area contributed by atoms with Gasteiger partial charge in [-0.05, 0) is 33.4 Å². The number of halogens is 1. The number of benzene rings is 1. The van der Waals surface area contributed by atoms with E-state index in [0.717, 1.165) is 24.4 Å². The number of hydrogen-bond acceptors (Lipinski definition) is 3. The smallest absolute Gasteiger partial charge is 0.258 e. The molecule has 1 rings (SSSR count). The van der Waals surface area contributed by atoms with Crippen LogP contribution in [0.25, 0.3) is 0 Å². The topological polar surface area (TPSA) is 50.4 Å². The van der Waals surface area contributed by atoms with E-state index in [4.69, 9.17) is 4.74 Å². The third-order valence-electron chi connectivity index (χ3n) is 2.41. The van der Waals surface area contributed by atoms with Gasteiger partial charge in [-0.15, -0.1) is 12.4 Å². The lowest BCUT2D eigenvalue weighted by molar-refractivity contribution is -0.124. The lowest BCUT2D eigenvalue weighted by Gasteiger charge is -2.20. The molecule has 0 spiro atoms. The van der Waals surface area contributed by atoms with Gasteiger partial charge in [0.05, 0.1) is 0 Å². The van der Waals surface area contributed by atoms with E-state index in [1.807, 2.05) is 45.0 Å². The number of carbonyl (C=O) groups is 1. The fraction of sp³-hybridized carbons (Fsp3) is 0.533. The van der Waals surface area contributed by atoms with Crippen molar-refractivity contribution in [2.45, 2.75) is 39.8 Å². The van der Waals surface area contributed by atoms with Gasteiger partial charge in [-0.1, -0.05) is 25.1 Å². The Hall–Kier alpha value is -1.26. The van der Waals surface area contributed by atoms with Crippen LogP contribution in [0.4, 0.5) is 0 Å². The van der Waals surface area contributed by atoms with Gasteiger partial charge in [-0.2, -0.15) is 0 Å². The fourth-order valence-corrected chi connectivity index (χ4v) is 1.65. The van der Waals surface area contributed by atoms with Crippen molar-refractivity contribution in [3.8, 4) is 5.75 Å². The minimum absolute atomic E-state index is 0. The highest BCUT2D eigenvalue weighted by atomic mass is 35.5. The summed E-state index contributed by atoms with van der Waals surface area (Å²) in [5, 5.41) is 6.12. The van der Waals surface area contributed by atoms with Gasteiger partial charge in [-0.3, -0.25) is 4.79 Å². The normalized spacial score (nSPS) is 10.6. The Morgan fingerprint density at radius 2 is 1.90 bits per heavy atom. The Morgan fingerprint density at radius 1 is 1.25 bits per heavy atom. The monoisotopic (exact) mass is 300 g/mol. The van der Waals surface area contributed by atoms with Gasteiger partial charge in [0.25, 0.3) is 5.91 Å². The quantitative estimate of drug-likeness (QED) is 0.849. The number of hydrogen-bond donors (Lipinski definition) is 2. The fourth-order valence-electron chi connectivity index (χ4n) is 1.65. The third kappa shape index (κ3) is 7.36. The number of rotatable bonds is 6. The lowest BCUT2D eigenvalue weighted by Crippen LogP contribution is -2.43. The van der Waals surface area contributed by atoms with Crippen molar-refractivity contribution in [2.24, 2.45) is 0 Å². The number of para-hydroxylation sites is 1. The molecule has 0 bridgehead atoms. The van der Waals surface area contributed by atoms with Gasteiger partial charge in [0.15, 0.2) is 6.61 Å². The number of amides is 1. The Balaban J connectivity index is 0.00000361. The molecule has 0 fully saturated rings. The van der Waals surface area contributed by atoms with Gasteiger partial charge in [-0.25, -0.2) is 0 Å². The van der Waals surface area contributed by atoms with Crippen molar-refractivity contribution in [2.75, 3.05) is 13.2 Å². The first kappa shape index (κ1) is 18.7. The second kappa shape index (κ2) is 8.82. The van der Waals surface area contributed by atoms with Gasteiger partial charge in [0.2, 0.25) is 0 Å². The van der Waals surface area contributed by atoms with Crippen LogP contribution in [0.2, 0.25) is 0 Å². The molecule has 0 saturated carbocycles. The molecule has 0 aromatic heterocycles. The summed E-state index contributed by atoms with van der Waals surface area (Å²) in [7, 11) is 0. The van der Waals surface area contributed by atoms with Crippen molar-refractivity contribution in [3.05, 3.63) is 29.8 Å². The predicted octanol–water partition coefficient (Wildman–Crippen LogP) is 2.51. The van der Waals surface area contributed by atoms with Crippen LogP contribution in [0.15, 0.2) is 24.3 Å². The highest BCUT2D eigenvalue weighted by molar-refractivity contribution is 5.85. The lowest BCUT2D eigenvalue weighted by atomic mass is 10.1. The average Bonchev–Trinajstić information content (AvgIpc) is 2.32. The molecule has 1 aromatic carbocycles. The molecule has 2 N–H and O–H groups in total. The standard InChI is InChI=1S/C15H24N2O2.ClH/c1-5-16-10-12-8-6-7-9-13(12)19-11-14(18)17-15(2,3)4;/h6-9,16H,5,10-11H2,1-4H3,(H,17,18);1H. The summed E-state index contributed by atoms with van der Waals surface area (Å²) < 4.78 is 5.59. The minimum atomic E-state index is -0.232.